The number of anilines is 6. The summed E-state index contributed by atoms with van der Waals surface area (Å²) >= 11 is 0. The van der Waals surface area contributed by atoms with Gasteiger partial charge in [-0.1, -0.05) is 231 Å². The quantitative estimate of drug-likeness (QED) is 0.114. The van der Waals surface area contributed by atoms with Gasteiger partial charge in [-0.3, -0.25) is 0 Å². The van der Waals surface area contributed by atoms with Crippen molar-refractivity contribution in [2.45, 2.75) is 0 Å². The Kier molecular flexibility index (Phi) is 12.8. The van der Waals surface area contributed by atoms with E-state index in [9.17, 15) is 0 Å². The van der Waals surface area contributed by atoms with Crippen LogP contribution in [0.15, 0.2) is 315 Å². The standard InChI is InChI=1S/C72H52N2/c1-5-15-53(16-6-1)57-27-39-67(40-28-57)73(68-41-29-58(30-42-68)54-17-7-2-8-18-54)69-43-31-59(32-44-69)60-33-45-70(46-34-60)74(71-47-35-61(36-48-71)65-25-13-23-63(51-65)55-19-9-3-10-20-55)72-49-37-62(38-50-72)66-26-14-24-64(52-66)56-21-11-4-12-22-56/h1-52H. The Morgan fingerprint density at radius 3 is 0.473 bits per heavy atom. The molecule has 0 spiro atoms. The van der Waals surface area contributed by atoms with Crippen molar-refractivity contribution in [2.24, 2.45) is 0 Å². The van der Waals surface area contributed by atoms with Crippen LogP contribution in [0.4, 0.5) is 34.1 Å². The molecule has 74 heavy (non-hydrogen) atoms. The molecule has 0 amide bonds. The molecule has 12 rings (SSSR count). The SMILES string of the molecule is c1ccc(-c2ccc(N(c3ccc(-c4ccccc4)cc3)c3ccc(-c4ccc(N(c5ccc(-c6cccc(-c7ccccc7)c6)cc5)c5ccc(-c6cccc(-c7ccccc7)c6)cc5)cc4)cc3)cc2)cc1. The highest BCUT2D eigenvalue weighted by Crippen LogP contribution is 2.41. The lowest BCUT2D eigenvalue weighted by Crippen LogP contribution is -2.10. The number of benzene rings is 12. The summed E-state index contributed by atoms with van der Waals surface area (Å²) in [6, 6.07) is 113. The van der Waals surface area contributed by atoms with Crippen molar-refractivity contribution in [1.82, 2.24) is 0 Å². The van der Waals surface area contributed by atoms with E-state index in [-0.39, 0.29) is 0 Å². The smallest absolute Gasteiger partial charge is 0.0462 e. The monoisotopic (exact) mass is 944 g/mol. The average molecular weight is 945 g/mol. The number of hydrogen-bond acceptors (Lipinski definition) is 2. The third kappa shape index (κ3) is 9.81. The van der Waals surface area contributed by atoms with Crippen molar-refractivity contribution in [3.05, 3.63) is 315 Å². The highest BCUT2D eigenvalue weighted by Gasteiger charge is 2.17. The first kappa shape index (κ1) is 45.4. The van der Waals surface area contributed by atoms with Crippen LogP contribution in [0, 0.1) is 0 Å². The molecule has 2 nitrogen and oxygen atoms in total. The van der Waals surface area contributed by atoms with E-state index in [1.54, 1.807) is 0 Å². The highest BCUT2D eigenvalue weighted by molar-refractivity contribution is 5.84. The van der Waals surface area contributed by atoms with Gasteiger partial charge < -0.3 is 9.80 Å². The fourth-order valence-electron chi connectivity index (χ4n) is 9.99. The summed E-state index contributed by atoms with van der Waals surface area (Å²) < 4.78 is 0. The Labute approximate surface area is 435 Å². The molecule has 0 saturated carbocycles. The minimum absolute atomic E-state index is 1.08. The lowest BCUT2D eigenvalue weighted by atomic mass is 9.98. The van der Waals surface area contributed by atoms with E-state index in [4.69, 9.17) is 0 Å². The minimum atomic E-state index is 1.08. The molecule has 0 unspecified atom stereocenters. The van der Waals surface area contributed by atoms with Gasteiger partial charge in [0.25, 0.3) is 0 Å². The summed E-state index contributed by atoms with van der Waals surface area (Å²) in [6.07, 6.45) is 0. The van der Waals surface area contributed by atoms with Crippen LogP contribution in [-0.4, -0.2) is 0 Å². The van der Waals surface area contributed by atoms with E-state index in [0.29, 0.717) is 0 Å². The van der Waals surface area contributed by atoms with Gasteiger partial charge in [0.15, 0.2) is 0 Å². The zero-order valence-electron chi connectivity index (χ0n) is 40.9. The molecular weight excluding hydrogens is 893 g/mol. The highest BCUT2D eigenvalue weighted by atomic mass is 15.1. The van der Waals surface area contributed by atoms with Crippen molar-refractivity contribution in [3.63, 3.8) is 0 Å². The summed E-state index contributed by atoms with van der Waals surface area (Å²) in [5.41, 5.74) is 23.1. The topological polar surface area (TPSA) is 6.48 Å². The second-order valence-electron chi connectivity index (χ2n) is 18.6. The third-order valence-electron chi connectivity index (χ3n) is 13.9. The second kappa shape index (κ2) is 20.9. The van der Waals surface area contributed by atoms with Crippen molar-refractivity contribution >= 4 is 34.1 Å². The molecule has 0 saturated heterocycles. The Bertz CT molecular complexity index is 3530. The zero-order valence-corrected chi connectivity index (χ0v) is 40.9. The first-order chi connectivity index (χ1) is 36.7. The normalized spacial score (nSPS) is 11.0. The van der Waals surface area contributed by atoms with Gasteiger partial charge in [0.05, 0.1) is 0 Å². The lowest BCUT2D eigenvalue weighted by Gasteiger charge is -2.27. The first-order valence-corrected chi connectivity index (χ1v) is 25.3. The largest absolute Gasteiger partial charge is 0.311 e. The van der Waals surface area contributed by atoms with E-state index in [2.05, 4.69) is 325 Å². The molecule has 350 valence electrons. The van der Waals surface area contributed by atoms with E-state index in [1.807, 2.05) is 0 Å². The first-order valence-electron chi connectivity index (χ1n) is 25.3. The van der Waals surface area contributed by atoms with E-state index < -0.39 is 0 Å². The van der Waals surface area contributed by atoms with Gasteiger partial charge in [-0.15, -0.1) is 0 Å². The Morgan fingerprint density at radius 2 is 0.270 bits per heavy atom. The average Bonchev–Trinajstić information content (AvgIpc) is 3.49. The molecule has 0 bridgehead atoms. The molecule has 12 aromatic rings. The van der Waals surface area contributed by atoms with Gasteiger partial charge in [-0.05, 0) is 163 Å². The third-order valence-corrected chi connectivity index (χ3v) is 13.9. The van der Waals surface area contributed by atoms with Gasteiger partial charge >= 0.3 is 0 Å². The molecule has 0 aliphatic rings. The van der Waals surface area contributed by atoms with E-state index in [1.165, 1.54) is 66.8 Å². The molecule has 0 fully saturated rings. The molecule has 2 heteroatoms. The molecule has 0 aromatic heterocycles. The molecule has 0 atom stereocenters. The van der Waals surface area contributed by atoms with Crippen molar-refractivity contribution in [3.8, 4) is 77.9 Å². The van der Waals surface area contributed by atoms with E-state index in [0.717, 1.165) is 45.3 Å². The van der Waals surface area contributed by atoms with Crippen LogP contribution in [0.5, 0.6) is 0 Å². The van der Waals surface area contributed by atoms with Crippen LogP contribution in [0.1, 0.15) is 0 Å². The van der Waals surface area contributed by atoms with Crippen molar-refractivity contribution < 1.29 is 0 Å². The van der Waals surface area contributed by atoms with Crippen LogP contribution < -0.4 is 9.80 Å². The molecule has 0 radical (unpaired) electrons. The minimum Gasteiger partial charge on any atom is -0.311 e. The summed E-state index contributed by atoms with van der Waals surface area (Å²) in [5, 5.41) is 0. The maximum absolute atomic E-state index is 2.35. The maximum atomic E-state index is 2.35. The fourth-order valence-corrected chi connectivity index (χ4v) is 9.99. The molecule has 0 N–H and O–H groups in total. The summed E-state index contributed by atoms with van der Waals surface area (Å²) in [6.45, 7) is 0. The number of rotatable bonds is 13. The summed E-state index contributed by atoms with van der Waals surface area (Å²) in [5.74, 6) is 0. The van der Waals surface area contributed by atoms with Crippen molar-refractivity contribution in [1.29, 1.82) is 0 Å². The van der Waals surface area contributed by atoms with Crippen LogP contribution >= 0.6 is 0 Å². The Hall–Kier alpha value is -9.76. The summed E-state index contributed by atoms with van der Waals surface area (Å²) in [4.78, 5) is 4.69. The van der Waals surface area contributed by atoms with Gasteiger partial charge in [-0.25, -0.2) is 0 Å². The lowest BCUT2D eigenvalue weighted by molar-refractivity contribution is 1.28. The molecule has 12 aromatic carbocycles. The Balaban J connectivity index is 0.858. The summed E-state index contributed by atoms with van der Waals surface area (Å²) in [7, 11) is 0. The second-order valence-corrected chi connectivity index (χ2v) is 18.6. The van der Waals surface area contributed by atoms with Gasteiger partial charge in [0.2, 0.25) is 0 Å². The molecule has 0 aliphatic carbocycles. The van der Waals surface area contributed by atoms with Crippen LogP contribution in [0.2, 0.25) is 0 Å². The Morgan fingerprint density at radius 1 is 0.122 bits per heavy atom. The fraction of sp³-hybridized carbons (Fsp3) is 0. The maximum Gasteiger partial charge on any atom is 0.0462 e. The molecule has 0 heterocycles. The number of nitrogens with zero attached hydrogens (tertiary/aromatic N) is 2. The molecule has 0 aliphatic heterocycles. The van der Waals surface area contributed by atoms with Gasteiger partial charge in [-0.2, -0.15) is 0 Å². The van der Waals surface area contributed by atoms with E-state index >= 15 is 0 Å². The van der Waals surface area contributed by atoms with Crippen molar-refractivity contribution in [2.75, 3.05) is 9.80 Å². The zero-order chi connectivity index (χ0) is 49.5. The predicted molar refractivity (Wildman–Crippen MR) is 314 cm³/mol. The predicted octanol–water partition coefficient (Wildman–Crippen LogP) is 20.3. The van der Waals surface area contributed by atoms with Gasteiger partial charge in [0, 0.05) is 34.1 Å². The van der Waals surface area contributed by atoms with Crippen LogP contribution in [0.25, 0.3) is 77.9 Å². The number of hydrogen-bond donors (Lipinski definition) is 0. The van der Waals surface area contributed by atoms with Crippen LogP contribution in [-0.2, 0) is 0 Å². The molecular formula is C72H52N2. The van der Waals surface area contributed by atoms with Gasteiger partial charge in [0.1, 0.15) is 0 Å². The van der Waals surface area contributed by atoms with Crippen LogP contribution in [0.3, 0.4) is 0 Å².